The third-order valence-corrected chi connectivity index (χ3v) is 4.07. The van der Waals surface area contributed by atoms with Crippen molar-refractivity contribution in [3.8, 4) is 11.6 Å². The Morgan fingerprint density at radius 1 is 1.48 bits per heavy atom. The number of nitrogens with one attached hydrogen (secondary N) is 2. The fourth-order valence-electron chi connectivity index (χ4n) is 2.38. The van der Waals surface area contributed by atoms with Crippen LogP contribution in [0.15, 0.2) is 10.7 Å². The van der Waals surface area contributed by atoms with Crippen LogP contribution >= 0.6 is 0 Å². The molecule has 0 atom stereocenters. The van der Waals surface area contributed by atoms with Crippen molar-refractivity contribution in [1.82, 2.24) is 25.4 Å². The minimum absolute atomic E-state index is 0.0409. The van der Waals surface area contributed by atoms with Gasteiger partial charge >= 0.3 is 0 Å². The summed E-state index contributed by atoms with van der Waals surface area (Å²) in [5, 5.41) is 6.51. The van der Waals surface area contributed by atoms with Gasteiger partial charge in [0, 0.05) is 6.04 Å². The van der Waals surface area contributed by atoms with Crippen molar-refractivity contribution in [1.29, 1.82) is 0 Å². The standard InChI is InChI=1S/C13H16N6O2/c14-13(4-1-5-13)12-15-6-8(17-12)11-18-9(19-21-11)10(20)16-7-2-3-7/h6-7H,1-5,14H2,(H,15,17)(H,16,20). The lowest BCUT2D eigenvalue weighted by molar-refractivity contribution is 0.0937. The highest BCUT2D eigenvalue weighted by Gasteiger charge is 2.37. The van der Waals surface area contributed by atoms with E-state index < -0.39 is 0 Å². The lowest BCUT2D eigenvalue weighted by Gasteiger charge is -2.35. The summed E-state index contributed by atoms with van der Waals surface area (Å²) in [4.78, 5) is 23.3. The number of nitrogens with two attached hydrogens (primary N) is 1. The van der Waals surface area contributed by atoms with E-state index in [1.807, 2.05) is 0 Å². The first-order chi connectivity index (χ1) is 10.1. The molecule has 2 saturated carbocycles. The van der Waals surface area contributed by atoms with E-state index in [4.69, 9.17) is 10.3 Å². The average Bonchev–Trinajstić information content (AvgIpc) is 2.96. The summed E-state index contributed by atoms with van der Waals surface area (Å²) in [7, 11) is 0. The molecule has 110 valence electrons. The summed E-state index contributed by atoms with van der Waals surface area (Å²) in [5.41, 5.74) is 6.42. The molecule has 8 heteroatoms. The highest BCUT2D eigenvalue weighted by atomic mass is 16.5. The van der Waals surface area contributed by atoms with E-state index in [-0.39, 0.29) is 29.2 Å². The summed E-state index contributed by atoms with van der Waals surface area (Å²) in [5.74, 6) is 0.712. The van der Waals surface area contributed by atoms with Crippen molar-refractivity contribution in [2.24, 2.45) is 5.73 Å². The molecule has 21 heavy (non-hydrogen) atoms. The zero-order valence-electron chi connectivity index (χ0n) is 11.4. The van der Waals surface area contributed by atoms with Crippen LogP contribution < -0.4 is 11.1 Å². The molecule has 8 nitrogen and oxygen atoms in total. The Balaban J connectivity index is 1.53. The van der Waals surface area contributed by atoms with Crippen LogP contribution in [0.1, 0.15) is 48.5 Å². The molecule has 4 rings (SSSR count). The van der Waals surface area contributed by atoms with Crippen molar-refractivity contribution in [3.63, 3.8) is 0 Å². The van der Waals surface area contributed by atoms with E-state index in [2.05, 4.69) is 25.4 Å². The van der Waals surface area contributed by atoms with E-state index >= 15 is 0 Å². The van der Waals surface area contributed by atoms with Crippen LogP contribution in [-0.4, -0.2) is 32.1 Å². The van der Waals surface area contributed by atoms with Gasteiger partial charge in [0.05, 0.1) is 11.7 Å². The predicted molar refractivity (Wildman–Crippen MR) is 72.1 cm³/mol. The number of amides is 1. The van der Waals surface area contributed by atoms with Crippen LogP contribution in [0, 0.1) is 0 Å². The third-order valence-electron chi connectivity index (χ3n) is 4.07. The van der Waals surface area contributed by atoms with Crippen LogP contribution in [0.2, 0.25) is 0 Å². The van der Waals surface area contributed by atoms with Gasteiger partial charge in [-0.3, -0.25) is 4.79 Å². The Morgan fingerprint density at radius 3 is 2.95 bits per heavy atom. The van der Waals surface area contributed by atoms with Crippen molar-refractivity contribution in [2.75, 3.05) is 0 Å². The van der Waals surface area contributed by atoms with Gasteiger partial charge in [0.2, 0.25) is 0 Å². The number of aromatic nitrogens is 4. The highest BCUT2D eigenvalue weighted by molar-refractivity contribution is 5.91. The fraction of sp³-hybridized carbons (Fsp3) is 0.538. The first-order valence-electron chi connectivity index (χ1n) is 7.13. The lowest BCUT2D eigenvalue weighted by Crippen LogP contribution is -2.44. The maximum absolute atomic E-state index is 11.8. The number of H-pyrrole nitrogens is 1. The molecule has 2 aromatic heterocycles. The summed E-state index contributed by atoms with van der Waals surface area (Å²) < 4.78 is 5.12. The molecule has 0 unspecified atom stereocenters. The number of rotatable bonds is 4. The molecule has 0 saturated heterocycles. The SMILES string of the molecule is NC1(c2ncc(-c3nc(C(=O)NC4CC4)no3)[nH]2)CCC1. The van der Waals surface area contributed by atoms with Gasteiger partial charge in [0.1, 0.15) is 11.5 Å². The summed E-state index contributed by atoms with van der Waals surface area (Å²) in [6.45, 7) is 0. The van der Waals surface area contributed by atoms with E-state index in [9.17, 15) is 4.79 Å². The Kier molecular flexibility index (Phi) is 2.61. The van der Waals surface area contributed by atoms with E-state index in [0.29, 0.717) is 5.69 Å². The van der Waals surface area contributed by atoms with Gasteiger partial charge in [-0.15, -0.1) is 0 Å². The van der Waals surface area contributed by atoms with Crippen LogP contribution in [0.5, 0.6) is 0 Å². The van der Waals surface area contributed by atoms with Crippen LogP contribution in [0.3, 0.4) is 0 Å². The second-order valence-electron chi connectivity index (χ2n) is 5.83. The molecule has 2 aliphatic carbocycles. The Hall–Kier alpha value is -2.22. The average molecular weight is 288 g/mol. The molecule has 2 heterocycles. The molecule has 0 radical (unpaired) electrons. The van der Waals surface area contributed by atoms with Gasteiger partial charge in [-0.05, 0) is 32.1 Å². The zero-order chi connectivity index (χ0) is 14.4. The molecule has 2 aromatic rings. The largest absolute Gasteiger partial charge is 0.346 e. The van der Waals surface area contributed by atoms with E-state index in [1.165, 1.54) is 0 Å². The molecule has 4 N–H and O–H groups in total. The number of carbonyl (C=O) groups excluding carboxylic acids is 1. The number of hydrogen-bond acceptors (Lipinski definition) is 6. The molecule has 1 amide bonds. The zero-order valence-corrected chi connectivity index (χ0v) is 11.4. The van der Waals surface area contributed by atoms with Gasteiger partial charge in [-0.25, -0.2) is 4.98 Å². The van der Waals surface area contributed by atoms with Crippen LogP contribution in [-0.2, 0) is 5.54 Å². The molecular formula is C13H16N6O2. The van der Waals surface area contributed by atoms with Gasteiger partial charge < -0.3 is 20.6 Å². The molecule has 0 spiro atoms. The first-order valence-corrected chi connectivity index (χ1v) is 7.13. The fourth-order valence-corrected chi connectivity index (χ4v) is 2.38. The molecule has 0 aromatic carbocycles. The molecule has 2 fully saturated rings. The molecule has 0 bridgehead atoms. The van der Waals surface area contributed by atoms with Crippen molar-refractivity contribution in [2.45, 2.75) is 43.7 Å². The summed E-state index contributed by atoms with van der Waals surface area (Å²) in [6, 6.07) is 0.258. The number of aromatic amines is 1. The number of imidazole rings is 1. The van der Waals surface area contributed by atoms with Gasteiger partial charge in [-0.1, -0.05) is 5.16 Å². The molecule has 0 aliphatic heterocycles. The van der Waals surface area contributed by atoms with Crippen molar-refractivity contribution in [3.05, 3.63) is 17.8 Å². The molecule has 2 aliphatic rings. The summed E-state index contributed by atoms with van der Waals surface area (Å²) >= 11 is 0. The van der Waals surface area contributed by atoms with Crippen molar-refractivity contribution >= 4 is 5.91 Å². The quantitative estimate of drug-likeness (QED) is 0.760. The third kappa shape index (κ3) is 2.21. The van der Waals surface area contributed by atoms with Gasteiger partial charge in [0.25, 0.3) is 17.6 Å². The minimum Gasteiger partial charge on any atom is -0.346 e. The van der Waals surface area contributed by atoms with Crippen molar-refractivity contribution < 1.29 is 9.32 Å². The Bertz CT molecular complexity index is 682. The summed E-state index contributed by atoms with van der Waals surface area (Å²) in [6.07, 6.45) is 6.58. The van der Waals surface area contributed by atoms with E-state index in [1.54, 1.807) is 6.20 Å². The number of carbonyl (C=O) groups is 1. The maximum atomic E-state index is 11.8. The number of nitrogens with zero attached hydrogens (tertiary/aromatic N) is 3. The number of hydrogen-bond donors (Lipinski definition) is 3. The highest BCUT2D eigenvalue weighted by Crippen LogP contribution is 2.37. The second kappa shape index (κ2) is 4.39. The lowest BCUT2D eigenvalue weighted by atomic mass is 9.77. The minimum atomic E-state index is -0.371. The van der Waals surface area contributed by atoms with Crippen LogP contribution in [0.4, 0.5) is 0 Å². The van der Waals surface area contributed by atoms with E-state index in [0.717, 1.165) is 37.9 Å². The maximum Gasteiger partial charge on any atom is 0.292 e. The smallest absolute Gasteiger partial charge is 0.292 e. The van der Waals surface area contributed by atoms with Gasteiger partial charge in [0.15, 0.2) is 0 Å². The Morgan fingerprint density at radius 2 is 2.29 bits per heavy atom. The van der Waals surface area contributed by atoms with Crippen LogP contribution in [0.25, 0.3) is 11.6 Å². The topological polar surface area (TPSA) is 123 Å². The normalized spacial score (nSPS) is 20.0. The predicted octanol–water partition coefficient (Wildman–Crippen LogP) is 0.690. The molecular weight excluding hydrogens is 272 g/mol. The van der Waals surface area contributed by atoms with Gasteiger partial charge in [-0.2, -0.15) is 4.98 Å². The first kappa shape index (κ1) is 12.5. The second-order valence-corrected chi connectivity index (χ2v) is 5.83. The Labute approximate surface area is 120 Å². The monoisotopic (exact) mass is 288 g/mol.